The van der Waals surface area contributed by atoms with E-state index in [0.29, 0.717) is 35.1 Å². The van der Waals surface area contributed by atoms with Crippen LogP contribution in [-0.2, 0) is 4.84 Å². The van der Waals surface area contributed by atoms with E-state index in [1.807, 2.05) is 6.92 Å². The van der Waals surface area contributed by atoms with Crippen LogP contribution in [0.2, 0.25) is 0 Å². The lowest BCUT2D eigenvalue weighted by molar-refractivity contribution is 0.179. The molecular formula is C16H13FN4O2. The minimum absolute atomic E-state index is 0.416. The molecule has 1 N–H and O–H groups in total. The third-order valence-corrected chi connectivity index (χ3v) is 3.09. The maximum Gasteiger partial charge on any atom is 0.174 e. The molecule has 0 bridgehead atoms. The standard InChI is InChI=1S/C16H13FN4O2/c1-2-22-14-6-11(8-18)5-12(7-14)15-10-21(20-23-15)16-4-3-13(17)9-19-16/h3-7,9-10,20H,2H2,1H3. The van der Waals surface area contributed by atoms with Crippen molar-refractivity contribution in [2.75, 3.05) is 11.6 Å². The van der Waals surface area contributed by atoms with Gasteiger partial charge >= 0.3 is 0 Å². The monoisotopic (exact) mass is 312 g/mol. The first-order valence-electron chi connectivity index (χ1n) is 6.93. The van der Waals surface area contributed by atoms with E-state index in [4.69, 9.17) is 14.8 Å². The lowest BCUT2D eigenvalue weighted by atomic mass is 10.1. The van der Waals surface area contributed by atoms with Crippen LogP contribution in [0.3, 0.4) is 0 Å². The van der Waals surface area contributed by atoms with Gasteiger partial charge in [0.05, 0.1) is 30.6 Å². The molecule has 1 aromatic heterocycles. The summed E-state index contributed by atoms with van der Waals surface area (Å²) in [4.78, 5) is 9.36. The van der Waals surface area contributed by atoms with Crippen molar-refractivity contribution >= 4 is 11.6 Å². The summed E-state index contributed by atoms with van der Waals surface area (Å²) < 4.78 is 18.4. The summed E-state index contributed by atoms with van der Waals surface area (Å²) in [5.41, 5.74) is 3.81. The smallest absolute Gasteiger partial charge is 0.174 e. The number of nitrogens with zero attached hydrogens (tertiary/aromatic N) is 3. The van der Waals surface area contributed by atoms with Crippen LogP contribution >= 0.6 is 0 Å². The van der Waals surface area contributed by atoms with Gasteiger partial charge in [-0.25, -0.2) is 14.4 Å². The number of nitrogens with one attached hydrogen (secondary N) is 1. The van der Waals surface area contributed by atoms with Gasteiger partial charge in [0.2, 0.25) is 0 Å². The zero-order valence-electron chi connectivity index (χ0n) is 12.3. The molecule has 0 saturated heterocycles. The van der Waals surface area contributed by atoms with Crippen LogP contribution in [0.15, 0.2) is 42.7 Å². The summed E-state index contributed by atoms with van der Waals surface area (Å²) in [5, 5.41) is 10.6. The number of anilines is 1. The number of rotatable bonds is 4. The quantitative estimate of drug-likeness (QED) is 0.936. The highest BCUT2D eigenvalue weighted by molar-refractivity contribution is 5.67. The molecular weight excluding hydrogens is 299 g/mol. The van der Waals surface area contributed by atoms with E-state index in [1.165, 1.54) is 17.1 Å². The minimum Gasteiger partial charge on any atom is -0.494 e. The number of pyridine rings is 1. The summed E-state index contributed by atoms with van der Waals surface area (Å²) in [5.74, 6) is 1.14. The maximum atomic E-state index is 12.9. The summed E-state index contributed by atoms with van der Waals surface area (Å²) in [7, 11) is 0. The zero-order chi connectivity index (χ0) is 16.2. The van der Waals surface area contributed by atoms with Crippen molar-refractivity contribution < 1.29 is 14.0 Å². The number of hydrogen-bond donors (Lipinski definition) is 1. The molecule has 2 heterocycles. The molecule has 0 aliphatic carbocycles. The Morgan fingerprint density at radius 2 is 2.26 bits per heavy atom. The number of benzene rings is 1. The van der Waals surface area contributed by atoms with Crippen molar-refractivity contribution in [3.05, 3.63) is 59.7 Å². The molecule has 0 unspecified atom stereocenters. The Kier molecular flexibility index (Phi) is 4.08. The third-order valence-electron chi connectivity index (χ3n) is 3.09. The Bertz CT molecular complexity index is 784. The van der Waals surface area contributed by atoms with Crippen LogP contribution in [0.5, 0.6) is 5.75 Å². The summed E-state index contributed by atoms with van der Waals surface area (Å²) in [6.45, 7) is 2.37. The molecule has 0 saturated carbocycles. The highest BCUT2D eigenvalue weighted by Gasteiger charge is 2.19. The van der Waals surface area contributed by atoms with Gasteiger partial charge in [-0.05, 0) is 37.3 Å². The fraction of sp³-hybridized carbons (Fsp3) is 0.125. The molecule has 0 amide bonds. The number of nitriles is 1. The molecule has 0 atom stereocenters. The fourth-order valence-electron chi connectivity index (χ4n) is 2.08. The molecule has 7 heteroatoms. The SMILES string of the molecule is CCOc1cc(C#N)cc(C2=CN(c3ccc(F)cn3)NO2)c1. The summed E-state index contributed by atoms with van der Waals surface area (Å²) in [6, 6.07) is 10.0. The lowest BCUT2D eigenvalue weighted by Gasteiger charge is -2.11. The summed E-state index contributed by atoms with van der Waals surface area (Å²) >= 11 is 0. The van der Waals surface area contributed by atoms with Gasteiger partial charge in [-0.3, -0.25) is 0 Å². The van der Waals surface area contributed by atoms with Gasteiger partial charge in [-0.1, -0.05) is 5.59 Å². The molecule has 2 aromatic rings. The highest BCUT2D eigenvalue weighted by atomic mass is 19.1. The van der Waals surface area contributed by atoms with Gasteiger partial charge in [0, 0.05) is 5.56 Å². The average molecular weight is 312 g/mol. The highest BCUT2D eigenvalue weighted by Crippen LogP contribution is 2.27. The number of hydrogen-bond acceptors (Lipinski definition) is 6. The van der Waals surface area contributed by atoms with Gasteiger partial charge in [0.1, 0.15) is 17.4 Å². The van der Waals surface area contributed by atoms with Crippen molar-refractivity contribution in [2.45, 2.75) is 6.92 Å². The van der Waals surface area contributed by atoms with Crippen LogP contribution in [0.25, 0.3) is 5.76 Å². The second kappa shape index (κ2) is 6.34. The lowest BCUT2D eigenvalue weighted by Crippen LogP contribution is -2.27. The Hall–Kier alpha value is -3.11. The Labute approximate surface area is 132 Å². The molecule has 3 rings (SSSR count). The first-order valence-corrected chi connectivity index (χ1v) is 6.93. The van der Waals surface area contributed by atoms with E-state index in [-0.39, 0.29) is 0 Å². The zero-order valence-corrected chi connectivity index (χ0v) is 12.3. The van der Waals surface area contributed by atoms with E-state index in [1.54, 1.807) is 24.4 Å². The van der Waals surface area contributed by atoms with Gasteiger partial charge < -0.3 is 9.57 Å². The van der Waals surface area contributed by atoms with Crippen molar-refractivity contribution in [2.24, 2.45) is 0 Å². The topological polar surface area (TPSA) is 70.4 Å². The average Bonchev–Trinajstić information content (AvgIpc) is 3.05. The van der Waals surface area contributed by atoms with Gasteiger partial charge in [0.15, 0.2) is 5.76 Å². The Morgan fingerprint density at radius 3 is 2.96 bits per heavy atom. The predicted octanol–water partition coefficient (Wildman–Crippen LogP) is 2.75. The van der Waals surface area contributed by atoms with E-state index < -0.39 is 5.82 Å². The number of halogens is 1. The first-order chi connectivity index (χ1) is 11.2. The second-order valence-corrected chi connectivity index (χ2v) is 4.68. The van der Waals surface area contributed by atoms with Gasteiger partial charge in [0.25, 0.3) is 0 Å². The molecule has 0 fully saturated rings. The largest absolute Gasteiger partial charge is 0.494 e. The number of hydrazine groups is 1. The van der Waals surface area contributed by atoms with E-state index in [0.717, 1.165) is 6.20 Å². The Morgan fingerprint density at radius 1 is 1.39 bits per heavy atom. The van der Waals surface area contributed by atoms with Crippen LogP contribution < -0.4 is 15.3 Å². The molecule has 1 aliphatic rings. The summed E-state index contributed by atoms with van der Waals surface area (Å²) in [6.07, 6.45) is 2.78. The van der Waals surface area contributed by atoms with Crippen molar-refractivity contribution in [3.8, 4) is 11.8 Å². The van der Waals surface area contributed by atoms with Crippen LogP contribution in [-0.4, -0.2) is 11.6 Å². The van der Waals surface area contributed by atoms with Crippen molar-refractivity contribution in [1.82, 2.24) is 10.6 Å². The normalized spacial score (nSPS) is 13.3. The number of ether oxygens (including phenoxy) is 1. The van der Waals surface area contributed by atoms with E-state index in [9.17, 15) is 4.39 Å². The maximum absolute atomic E-state index is 12.9. The molecule has 1 aliphatic heterocycles. The van der Waals surface area contributed by atoms with Crippen molar-refractivity contribution in [3.63, 3.8) is 0 Å². The predicted molar refractivity (Wildman–Crippen MR) is 81.2 cm³/mol. The second-order valence-electron chi connectivity index (χ2n) is 4.68. The molecule has 0 radical (unpaired) electrons. The molecule has 116 valence electrons. The van der Waals surface area contributed by atoms with Crippen LogP contribution in [0, 0.1) is 17.1 Å². The molecule has 23 heavy (non-hydrogen) atoms. The molecule has 1 aromatic carbocycles. The van der Waals surface area contributed by atoms with E-state index >= 15 is 0 Å². The first kappa shape index (κ1) is 14.8. The number of aromatic nitrogens is 1. The van der Waals surface area contributed by atoms with Gasteiger partial charge in [-0.2, -0.15) is 5.26 Å². The minimum atomic E-state index is -0.416. The van der Waals surface area contributed by atoms with Crippen LogP contribution in [0.1, 0.15) is 18.1 Å². The van der Waals surface area contributed by atoms with Gasteiger partial charge in [-0.15, -0.1) is 0 Å². The Balaban J connectivity index is 1.90. The van der Waals surface area contributed by atoms with Crippen LogP contribution in [0.4, 0.5) is 10.2 Å². The van der Waals surface area contributed by atoms with Crippen molar-refractivity contribution in [1.29, 1.82) is 5.26 Å². The third kappa shape index (κ3) is 3.22. The molecule has 0 spiro atoms. The molecule has 6 nitrogen and oxygen atoms in total. The van der Waals surface area contributed by atoms with E-state index in [2.05, 4.69) is 16.6 Å². The fourth-order valence-corrected chi connectivity index (χ4v) is 2.08.